The van der Waals surface area contributed by atoms with Gasteiger partial charge in [0.25, 0.3) is 5.89 Å². The van der Waals surface area contributed by atoms with Crippen molar-refractivity contribution in [3.63, 3.8) is 0 Å². The number of aryl methyl sites for hydroxylation is 2. The second kappa shape index (κ2) is 6.32. The summed E-state index contributed by atoms with van der Waals surface area (Å²) in [5, 5.41) is 8.40. The number of hydrogen-bond acceptors (Lipinski definition) is 7. The Morgan fingerprint density at radius 3 is 2.89 bits per heavy atom. The van der Waals surface area contributed by atoms with Gasteiger partial charge in [0, 0.05) is 13.0 Å². The van der Waals surface area contributed by atoms with Crippen LogP contribution in [0, 0.1) is 12.8 Å². The van der Waals surface area contributed by atoms with Gasteiger partial charge in [-0.2, -0.15) is 0 Å². The van der Waals surface area contributed by atoms with E-state index in [9.17, 15) is 4.79 Å². The normalized spacial score (nSPS) is 23.6. The van der Waals surface area contributed by atoms with Gasteiger partial charge in [0.1, 0.15) is 11.3 Å². The molecule has 0 unspecified atom stereocenters. The first kappa shape index (κ1) is 17.2. The number of aromatic nitrogens is 3. The van der Waals surface area contributed by atoms with Crippen LogP contribution < -0.4 is 0 Å². The van der Waals surface area contributed by atoms with Crippen molar-refractivity contribution in [2.75, 3.05) is 6.54 Å². The van der Waals surface area contributed by atoms with Crippen molar-refractivity contribution in [2.24, 2.45) is 5.92 Å². The van der Waals surface area contributed by atoms with Crippen molar-refractivity contribution in [3.8, 4) is 11.7 Å². The van der Waals surface area contributed by atoms with Crippen LogP contribution in [0.4, 0.5) is 0 Å². The minimum atomic E-state index is -0.445. The van der Waals surface area contributed by atoms with Crippen LogP contribution in [0.15, 0.2) is 31.6 Å². The molecule has 1 saturated carbocycles. The smallest absolute Gasteiger partial charge is 0.263 e. The van der Waals surface area contributed by atoms with Gasteiger partial charge in [-0.25, -0.2) is 4.98 Å². The number of likely N-dealkylation sites (tertiary alicyclic amines) is 1. The van der Waals surface area contributed by atoms with Crippen molar-refractivity contribution < 1.29 is 18.0 Å². The first-order chi connectivity index (χ1) is 13.6. The third-order valence-corrected chi connectivity index (χ3v) is 6.12. The van der Waals surface area contributed by atoms with E-state index < -0.39 is 5.54 Å². The summed E-state index contributed by atoms with van der Waals surface area (Å²) in [6.45, 7) is 4.50. The van der Waals surface area contributed by atoms with E-state index in [1.165, 1.54) is 0 Å². The number of carbonyl (C=O) groups excluding carboxylic acids is 1. The second-order valence-electron chi connectivity index (χ2n) is 7.52. The summed E-state index contributed by atoms with van der Waals surface area (Å²) in [7, 11) is 0. The highest BCUT2D eigenvalue weighted by Gasteiger charge is 2.61. The Balaban J connectivity index is 1.41. The Kier molecular flexibility index (Phi) is 3.89. The Morgan fingerprint density at radius 2 is 2.21 bits per heavy atom. The van der Waals surface area contributed by atoms with E-state index in [-0.39, 0.29) is 12.3 Å². The fourth-order valence-electron chi connectivity index (χ4n) is 4.50. The van der Waals surface area contributed by atoms with Gasteiger partial charge in [-0.1, -0.05) is 6.92 Å². The van der Waals surface area contributed by atoms with Gasteiger partial charge in [0.2, 0.25) is 17.7 Å². The molecule has 1 amide bonds. The van der Waals surface area contributed by atoms with Gasteiger partial charge >= 0.3 is 0 Å². The highest BCUT2D eigenvalue weighted by Crippen LogP contribution is 2.56. The number of nitrogens with zero attached hydrogens (tertiary/aromatic N) is 4. The van der Waals surface area contributed by atoms with Crippen LogP contribution in [0.3, 0.4) is 0 Å². The fourth-order valence-corrected chi connectivity index (χ4v) is 4.50. The molecule has 8 nitrogen and oxygen atoms in total. The highest BCUT2D eigenvalue weighted by atomic mass is 16.4. The first-order valence-corrected chi connectivity index (χ1v) is 9.75. The van der Waals surface area contributed by atoms with Crippen LogP contribution in [0.5, 0.6) is 0 Å². The molecule has 0 aromatic carbocycles. The van der Waals surface area contributed by atoms with Crippen LogP contribution in [0.25, 0.3) is 11.7 Å². The molecule has 0 N–H and O–H groups in total. The number of hydrogen-bond donors (Lipinski definition) is 0. The lowest BCUT2D eigenvalue weighted by Crippen LogP contribution is -2.54. The van der Waals surface area contributed by atoms with Crippen molar-refractivity contribution in [1.82, 2.24) is 20.1 Å². The SMILES string of the molecule is CCc1nnc([C@]23CC[C@H]2CCN3C(=O)Cc2nc(-c3ccco3)oc2C)o1. The molecule has 3 aromatic rings. The maximum Gasteiger partial charge on any atom is 0.263 e. The van der Waals surface area contributed by atoms with E-state index in [4.69, 9.17) is 13.3 Å². The molecule has 2 atom stereocenters. The third kappa shape index (κ3) is 2.43. The van der Waals surface area contributed by atoms with E-state index in [2.05, 4.69) is 15.2 Å². The van der Waals surface area contributed by atoms with Gasteiger partial charge in [0.15, 0.2) is 5.76 Å². The summed E-state index contributed by atoms with van der Waals surface area (Å²) in [6, 6.07) is 3.56. The van der Waals surface area contributed by atoms with E-state index in [1.54, 1.807) is 18.4 Å². The van der Waals surface area contributed by atoms with Gasteiger partial charge in [-0.3, -0.25) is 4.79 Å². The van der Waals surface area contributed by atoms with Crippen molar-refractivity contribution in [3.05, 3.63) is 41.6 Å². The lowest BCUT2D eigenvalue weighted by atomic mass is 9.67. The number of furan rings is 1. The molecule has 28 heavy (non-hydrogen) atoms. The Morgan fingerprint density at radius 1 is 1.32 bits per heavy atom. The maximum absolute atomic E-state index is 13.2. The number of fused-ring (bicyclic) bond motifs is 1. The average molecular weight is 382 g/mol. The fraction of sp³-hybridized carbons (Fsp3) is 0.500. The third-order valence-electron chi connectivity index (χ3n) is 6.12. The lowest BCUT2D eigenvalue weighted by Gasteiger charge is -2.47. The van der Waals surface area contributed by atoms with Gasteiger partial charge in [-0.15, -0.1) is 10.2 Å². The van der Waals surface area contributed by atoms with Crippen molar-refractivity contribution in [1.29, 1.82) is 0 Å². The summed E-state index contributed by atoms with van der Waals surface area (Å²) in [4.78, 5) is 19.6. The van der Waals surface area contributed by atoms with Crippen LogP contribution >= 0.6 is 0 Å². The van der Waals surface area contributed by atoms with E-state index in [1.807, 2.05) is 18.7 Å². The van der Waals surface area contributed by atoms with Crippen molar-refractivity contribution in [2.45, 2.75) is 51.5 Å². The zero-order chi connectivity index (χ0) is 19.3. The molecule has 8 heteroatoms. The molecule has 1 saturated heterocycles. The molecule has 0 radical (unpaired) electrons. The van der Waals surface area contributed by atoms with Crippen LogP contribution in [0.1, 0.15) is 49.4 Å². The minimum Gasteiger partial charge on any atom is -0.459 e. The highest BCUT2D eigenvalue weighted by molar-refractivity contribution is 5.80. The molecule has 0 bridgehead atoms. The Hall–Kier alpha value is -2.90. The van der Waals surface area contributed by atoms with Crippen LogP contribution in [-0.4, -0.2) is 32.5 Å². The zero-order valence-corrected chi connectivity index (χ0v) is 16.0. The molecule has 3 aromatic heterocycles. The average Bonchev–Trinajstić information content (AvgIpc) is 3.43. The standard InChI is InChI=1S/C20H22N4O4/c1-3-16-22-23-19(28-16)20-8-6-13(20)7-9-24(20)17(25)11-14-12(2)27-18(21-14)15-5-4-10-26-15/h4-5,10,13H,3,6-9,11H2,1-2H3/t13-,20-/m0/s1. The number of carbonyl (C=O) groups is 1. The summed E-state index contributed by atoms with van der Waals surface area (Å²) < 4.78 is 16.9. The second-order valence-corrected chi connectivity index (χ2v) is 7.52. The quantitative estimate of drug-likeness (QED) is 0.668. The molecular weight excluding hydrogens is 360 g/mol. The molecular formula is C20H22N4O4. The summed E-state index contributed by atoms with van der Waals surface area (Å²) in [5.41, 5.74) is 0.188. The topological polar surface area (TPSA) is 98.4 Å². The van der Waals surface area contributed by atoms with Crippen LogP contribution in [-0.2, 0) is 23.2 Å². The largest absolute Gasteiger partial charge is 0.459 e. The molecule has 1 aliphatic heterocycles. The number of oxazole rings is 1. The molecule has 5 rings (SSSR count). The molecule has 146 valence electrons. The summed E-state index contributed by atoms with van der Waals surface area (Å²) in [5.74, 6) is 3.18. The predicted octanol–water partition coefficient (Wildman–Crippen LogP) is 3.27. The minimum absolute atomic E-state index is 0.0147. The molecule has 0 spiro atoms. The monoisotopic (exact) mass is 382 g/mol. The lowest BCUT2D eigenvalue weighted by molar-refractivity contribution is -0.141. The number of amides is 1. The van der Waals surface area contributed by atoms with Gasteiger partial charge < -0.3 is 18.2 Å². The summed E-state index contributed by atoms with van der Waals surface area (Å²) >= 11 is 0. The van der Waals surface area contributed by atoms with Crippen LogP contribution in [0.2, 0.25) is 0 Å². The summed E-state index contributed by atoms with van der Waals surface area (Å²) in [6.07, 6.45) is 5.35. The molecule has 4 heterocycles. The zero-order valence-electron chi connectivity index (χ0n) is 16.0. The van der Waals surface area contributed by atoms with Gasteiger partial charge in [-0.05, 0) is 44.2 Å². The molecule has 2 fully saturated rings. The molecule has 2 aliphatic rings. The predicted molar refractivity (Wildman–Crippen MR) is 97.1 cm³/mol. The van der Waals surface area contributed by atoms with Gasteiger partial charge in [0.05, 0.1) is 18.4 Å². The van der Waals surface area contributed by atoms with E-state index in [0.717, 1.165) is 19.3 Å². The number of rotatable bonds is 5. The Labute approximate surface area is 161 Å². The first-order valence-electron chi connectivity index (χ1n) is 9.75. The molecule has 1 aliphatic carbocycles. The maximum atomic E-state index is 13.2. The van der Waals surface area contributed by atoms with E-state index >= 15 is 0 Å². The Bertz CT molecular complexity index is 1010. The van der Waals surface area contributed by atoms with Crippen molar-refractivity contribution >= 4 is 5.91 Å². The van der Waals surface area contributed by atoms with E-state index in [0.29, 0.717) is 53.8 Å².